The molecule has 1 saturated heterocycles. The predicted octanol–water partition coefficient (Wildman–Crippen LogP) is 1.74. The van der Waals surface area contributed by atoms with Gasteiger partial charge in [-0.2, -0.15) is 0 Å². The quantitative estimate of drug-likeness (QED) is 0.779. The van der Waals surface area contributed by atoms with Gasteiger partial charge in [0.25, 0.3) is 0 Å². The number of ether oxygens (including phenoxy) is 1. The van der Waals surface area contributed by atoms with E-state index in [4.69, 9.17) is 4.74 Å². The van der Waals surface area contributed by atoms with Gasteiger partial charge in [-0.15, -0.1) is 0 Å². The number of aliphatic carboxylic acids is 1. The number of nitrogens with one attached hydrogen (secondary N) is 2. The van der Waals surface area contributed by atoms with Crippen LogP contribution >= 0.6 is 0 Å². The molecule has 128 valence electrons. The lowest BCUT2D eigenvalue weighted by Crippen LogP contribution is -2.41. The Morgan fingerprint density at radius 3 is 2.96 bits per heavy atom. The highest BCUT2D eigenvalue weighted by Crippen LogP contribution is 2.29. The topological polar surface area (TPSA) is 77.6 Å². The average Bonchev–Trinajstić information content (AvgIpc) is 3.21. The lowest BCUT2D eigenvalue weighted by atomic mass is 9.98. The van der Waals surface area contributed by atoms with E-state index in [-0.39, 0.29) is 0 Å². The molecule has 1 atom stereocenters. The lowest BCUT2D eigenvalue weighted by Gasteiger charge is -2.20. The number of carboxylic acids is 1. The van der Waals surface area contributed by atoms with Gasteiger partial charge in [-0.1, -0.05) is 0 Å². The van der Waals surface area contributed by atoms with Gasteiger partial charge < -0.3 is 14.8 Å². The second kappa shape index (κ2) is 6.45. The molecule has 0 spiro atoms. The first kappa shape index (κ1) is 15.5. The molecule has 0 bridgehead atoms. The van der Waals surface area contributed by atoms with Crippen LogP contribution in [0.2, 0.25) is 0 Å². The largest absolute Gasteiger partial charge is 0.492 e. The first-order chi connectivity index (χ1) is 11.7. The van der Waals surface area contributed by atoms with Gasteiger partial charge >= 0.3 is 5.97 Å². The second-order valence-corrected chi connectivity index (χ2v) is 6.66. The minimum Gasteiger partial charge on any atom is -0.492 e. The van der Waals surface area contributed by atoms with Gasteiger partial charge in [-0.05, 0) is 49.7 Å². The van der Waals surface area contributed by atoms with E-state index in [1.54, 1.807) is 0 Å². The van der Waals surface area contributed by atoms with Gasteiger partial charge in [0.2, 0.25) is 0 Å². The Morgan fingerprint density at radius 1 is 1.33 bits per heavy atom. The molecule has 3 heterocycles. The van der Waals surface area contributed by atoms with Gasteiger partial charge in [0.1, 0.15) is 18.4 Å². The lowest BCUT2D eigenvalue weighted by molar-refractivity contribution is -0.139. The van der Waals surface area contributed by atoms with Crippen LogP contribution in [0, 0.1) is 0 Å². The summed E-state index contributed by atoms with van der Waals surface area (Å²) < 4.78 is 5.92. The number of aromatic amines is 1. The van der Waals surface area contributed by atoms with Crippen molar-refractivity contribution in [2.24, 2.45) is 0 Å². The molecule has 0 saturated carbocycles. The summed E-state index contributed by atoms with van der Waals surface area (Å²) in [6.07, 6.45) is 3.09. The smallest absolute Gasteiger partial charge is 0.321 e. The summed E-state index contributed by atoms with van der Waals surface area (Å²) in [7, 11) is 0. The maximum absolute atomic E-state index is 11.3. The zero-order chi connectivity index (χ0) is 16.5. The fraction of sp³-hybridized carbons (Fsp3) is 0.500. The van der Waals surface area contributed by atoms with Gasteiger partial charge in [0.15, 0.2) is 0 Å². The summed E-state index contributed by atoms with van der Waals surface area (Å²) in [6.45, 7) is 4.58. The molecule has 6 heteroatoms. The van der Waals surface area contributed by atoms with E-state index in [1.807, 2.05) is 18.2 Å². The van der Waals surface area contributed by atoms with Gasteiger partial charge in [-0.25, -0.2) is 0 Å². The normalized spacial score (nSPS) is 21.1. The average molecular weight is 329 g/mol. The van der Waals surface area contributed by atoms with Crippen molar-refractivity contribution in [1.82, 2.24) is 15.2 Å². The number of aromatic nitrogens is 1. The van der Waals surface area contributed by atoms with Crippen molar-refractivity contribution in [1.29, 1.82) is 0 Å². The van der Waals surface area contributed by atoms with E-state index in [0.717, 1.165) is 34.5 Å². The third-order valence-corrected chi connectivity index (χ3v) is 5.07. The van der Waals surface area contributed by atoms with E-state index in [1.165, 1.54) is 25.9 Å². The summed E-state index contributed by atoms with van der Waals surface area (Å²) in [5.41, 5.74) is 3.22. The zero-order valence-corrected chi connectivity index (χ0v) is 13.7. The van der Waals surface area contributed by atoms with Crippen molar-refractivity contribution in [3.63, 3.8) is 0 Å². The highest BCUT2D eigenvalue weighted by Gasteiger charge is 2.26. The number of carboxylic acid groups (broad SMARTS) is 1. The van der Waals surface area contributed by atoms with Crippen LogP contribution in [0.3, 0.4) is 0 Å². The number of hydrogen-bond acceptors (Lipinski definition) is 4. The van der Waals surface area contributed by atoms with Crippen molar-refractivity contribution < 1.29 is 14.6 Å². The van der Waals surface area contributed by atoms with Crippen molar-refractivity contribution in [2.45, 2.75) is 31.8 Å². The Balaban J connectivity index is 1.50. The number of nitrogens with zero attached hydrogens (tertiary/aromatic N) is 1. The van der Waals surface area contributed by atoms with Crippen LogP contribution in [-0.4, -0.2) is 53.2 Å². The second-order valence-electron chi connectivity index (χ2n) is 6.66. The third kappa shape index (κ3) is 2.99. The molecular formula is C18H23N3O3. The fourth-order valence-electron chi connectivity index (χ4n) is 3.73. The third-order valence-electron chi connectivity index (χ3n) is 5.07. The van der Waals surface area contributed by atoms with E-state index in [0.29, 0.717) is 19.6 Å². The Hall–Kier alpha value is -2.05. The first-order valence-electron chi connectivity index (χ1n) is 8.65. The Bertz CT molecular complexity index is 749. The van der Waals surface area contributed by atoms with Crippen molar-refractivity contribution >= 4 is 16.9 Å². The predicted molar refractivity (Wildman–Crippen MR) is 91.4 cm³/mol. The molecule has 2 aliphatic heterocycles. The molecule has 1 aromatic carbocycles. The minimum absolute atomic E-state index is 0.502. The Morgan fingerprint density at radius 2 is 2.17 bits per heavy atom. The molecule has 1 aromatic heterocycles. The molecule has 0 radical (unpaired) electrons. The summed E-state index contributed by atoms with van der Waals surface area (Å²) >= 11 is 0. The van der Waals surface area contributed by atoms with Crippen molar-refractivity contribution in [2.75, 3.05) is 26.2 Å². The number of H-pyrrole nitrogens is 1. The molecule has 1 unspecified atom stereocenters. The number of benzene rings is 1. The molecule has 2 aromatic rings. The Kier molecular flexibility index (Phi) is 4.16. The first-order valence-corrected chi connectivity index (χ1v) is 8.65. The molecule has 24 heavy (non-hydrogen) atoms. The van der Waals surface area contributed by atoms with E-state index in [9.17, 15) is 9.90 Å². The summed E-state index contributed by atoms with van der Waals surface area (Å²) in [4.78, 5) is 17.1. The van der Waals surface area contributed by atoms with Crippen LogP contribution < -0.4 is 10.1 Å². The Labute approximate surface area is 140 Å². The molecule has 3 N–H and O–H groups in total. The van der Waals surface area contributed by atoms with Crippen molar-refractivity contribution in [3.05, 3.63) is 29.5 Å². The molecule has 6 nitrogen and oxygen atoms in total. The summed E-state index contributed by atoms with van der Waals surface area (Å²) in [5.74, 6) is 0.0573. The SMILES string of the molecule is O=C(O)C1Cc2c([nH]c3ccc(OCCN4CCCC4)cc23)CN1. The molecule has 0 amide bonds. The maximum Gasteiger partial charge on any atom is 0.321 e. The van der Waals surface area contributed by atoms with Gasteiger partial charge in [0, 0.05) is 36.1 Å². The standard InChI is InChI=1S/C18H23N3O3/c22-18(23)16-10-14-13-9-12(24-8-7-21-5-1-2-6-21)3-4-15(13)20-17(14)11-19-16/h3-4,9,16,19-20H,1-2,5-8,10-11H2,(H,22,23). The molecule has 0 aliphatic carbocycles. The minimum atomic E-state index is -0.798. The molecule has 4 rings (SSSR count). The van der Waals surface area contributed by atoms with Crippen LogP contribution in [-0.2, 0) is 17.8 Å². The summed E-state index contributed by atoms with van der Waals surface area (Å²) in [5, 5.41) is 13.4. The van der Waals surface area contributed by atoms with Crippen LogP contribution in [0.5, 0.6) is 5.75 Å². The molecule has 2 aliphatic rings. The van der Waals surface area contributed by atoms with E-state index in [2.05, 4.69) is 15.2 Å². The maximum atomic E-state index is 11.3. The molecular weight excluding hydrogens is 306 g/mol. The summed E-state index contributed by atoms with van der Waals surface area (Å²) in [6, 6.07) is 5.53. The number of hydrogen-bond donors (Lipinski definition) is 3. The van der Waals surface area contributed by atoms with Crippen molar-refractivity contribution in [3.8, 4) is 5.75 Å². The molecule has 1 fully saturated rings. The van der Waals surface area contributed by atoms with Crippen LogP contribution in [0.4, 0.5) is 0 Å². The number of rotatable bonds is 5. The van der Waals surface area contributed by atoms with Crippen LogP contribution in [0.25, 0.3) is 10.9 Å². The zero-order valence-electron chi connectivity index (χ0n) is 13.7. The van der Waals surface area contributed by atoms with E-state index >= 15 is 0 Å². The fourth-order valence-corrected chi connectivity index (χ4v) is 3.73. The van der Waals surface area contributed by atoms with Crippen LogP contribution in [0.1, 0.15) is 24.1 Å². The number of carbonyl (C=O) groups is 1. The van der Waals surface area contributed by atoms with Gasteiger partial charge in [-0.3, -0.25) is 15.0 Å². The monoisotopic (exact) mass is 329 g/mol. The van der Waals surface area contributed by atoms with Crippen LogP contribution in [0.15, 0.2) is 18.2 Å². The van der Waals surface area contributed by atoms with E-state index < -0.39 is 12.0 Å². The highest BCUT2D eigenvalue weighted by molar-refractivity contribution is 5.87. The number of fused-ring (bicyclic) bond motifs is 3. The highest BCUT2D eigenvalue weighted by atomic mass is 16.5. The van der Waals surface area contributed by atoms with Gasteiger partial charge in [0.05, 0.1) is 0 Å². The number of likely N-dealkylation sites (tertiary alicyclic amines) is 1.